The van der Waals surface area contributed by atoms with Gasteiger partial charge in [-0.15, -0.1) is 0 Å². The van der Waals surface area contributed by atoms with Crippen LogP contribution in [0.1, 0.15) is 43.2 Å². The molecule has 0 unspecified atom stereocenters. The zero-order valence-electron chi connectivity index (χ0n) is 27.2. The number of nitrogens with zero attached hydrogens (tertiary/aromatic N) is 1. The second-order valence-electron chi connectivity index (χ2n) is 15.3. The van der Waals surface area contributed by atoms with Crippen molar-refractivity contribution in [1.82, 2.24) is 0 Å². The van der Waals surface area contributed by atoms with Gasteiger partial charge in [0.1, 0.15) is 22.3 Å². The summed E-state index contributed by atoms with van der Waals surface area (Å²) in [5, 5.41) is 4.59. The second-order valence-corrected chi connectivity index (χ2v) is 15.3. The number of hydrogen-bond acceptors (Lipinski definition) is 3. The van der Waals surface area contributed by atoms with Crippen molar-refractivity contribution < 1.29 is 8.83 Å². The summed E-state index contributed by atoms with van der Waals surface area (Å²) in [6.45, 7) is 0. The van der Waals surface area contributed by atoms with Crippen LogP contribution in [-0.4, -0.2) is 0 Å². The van der Waals surface area contributed by atoms with Gasteiger partial charge < -0.3 is 13.7 Å². The fourth-order valence-corrected chi connectivity index (χ4v) is 11.4. The SMILES string of the molecule is c1ccc2c(c1)-c1ccc(N(c3ccc4c(c3)oc3ccccc34)c3ccc4c(c3)oc3ccccc34)cc1C21C2CC3CC(C2)CC1C3. The topological polar surface area (TPSA) is 29.5 Å². The van der Waals surface area contributed by atoms with Gasteiger partial charge in [0.05, 0.1) is 0 Å². The maximum Gasteiger partial charge on any atom is 0.137 e. The van der Waals surface area contributed by atoms with Gasteiger partial charge in [-0.2, -0.15) is 0 Å². The highest BCUT2D eigenvalue weighted by Gasteiger charge is 2.61. The molecule has 0 radical (unpaired) electrons. The summed E-state index contributed by atoms with van der Waals surface area (Å²) in [5.41, 5.74) is 13.1. The van der Waals surface area contributed by atoms with E-state index in [2.05, 4.69) is 120 Å². The van der Waals surface area contributed by atoms with Crippen LogP contribution in [0.3, 0.4) is 0 Å². The van der Waals surface area contributed by atoms with Crippen molar-refractivity contribution in [3.05, 3.63) is 139 Å². The molecule has 0 aliphatic heterocycles. The third kappa shape index (κ3) is 3.48. The number of para-hydroxylation sites is 2. The number of benzene rings is 6. The van der Waals surface area contributed by atoms with Gasteiger partial charge in [-0.05, 0) is 127 Å². The molecule has 3 nitrogen and oxygen atoms in total. The Morgan fingerprint density at radius 1 is 0.429 bits per heavy atom. The number of anilines is 3. The third-order valence-corrected chi connectivity index (χ3v) is 13.0. The smallest absolute Gasteiger partial charge is 0.137 e. The van der Waals surface area contributed by atoms with Crippen LogP contribution in [0.25, 0.3) is 55.0 Å². The van der Waals surface area contributed by atoms with Gasteiger partial charge in [0.2, 0.25) is 0 Å². The summed E-state index contributed by atoms with van der Waals surface area (Å²) in [6.07, 6.45) is 6.96. The first kappa shape index (κ1) is 26.6. The third-order valence-electron chi connectivity index (χ3n) is 13.0. The maximum absolute atomic E-state index is 6.45. The Labute approximate surface area is 284 Å². The van der Waals surface area contributed by atoms with Gasteiger partial charge in [-0.25, -0.2) is 0 Å². The standard InChI is InChI=1S/C46H35NO2/c1-4-10-40-34(7-1)35-16-13-31(24-41(35)46(40)29-20-27-19-28(22-29)23-30(46)21-27)47(32-14-17-38-36-8-2-5-11-42(36)48-44(38)25-32)33-15-18-39-37-9-3-6-12-43(37)49-45(39)26-33/h1-18,24-30H,19-23H2. The van der Waals surface area contributed by atoms with Gasteiger partial charge in [0.15, 0.2) is 0 Å². The summed E-state index contributed by atoms with van der Waals surface area (Å²) in [4.78, 5) is 2.42. The molecule has 4 fully saturated rings. The van der Waals surface area contributed by atoms with Gasteiger partial charge in [-0.1, -0.05) is 66.7 Å². The largest absolute Gasteiger partial charge is 0.456 e. The lowest BCUT2D eigenvalue weighted by atomic mass is 9.43. The number of hydrogen-bond donors (Lipinski definition) is 0. The van der Waals surface area contributed by atoms with Crippen molar-refractivity contribution in [3.63, 3.8) is 0 Å². The van der Waals surface area contributed by atoms with Crippen molar-refractivity contribution >= 4 is 60.9 Å². The normalized spacial score (nSPS) is 24.8. The molecule has 3 heteroatoms. The van der Waals surface area contributed by atoms with Gasteiger partial charge in [0, 0.05) is 56.2 Å². The predicted octanol–water partition coefficient (Wildman–Crippen LogP) is 12.7. The van der Waals surface area contributed by atoms with Crippen molar-refractivity contribution in [1.29, 1.82) is 0 Å². The lowest BCUT2D eigenvalue weighted by Crippen LogP contribution is -2.55. The summed E-state index contributed by atoms with van der Waals surface area (Å²) in [5.74, 6) is 3.26. The van der Waals surface area contributed by atoms with E-state index >= 15 is 0 Å². The number of furan rings is 2. The van der Waals surface area contributed by atoms with Gasteiger partial charge >= 0.3 is 0 Å². The molecule has 0 atom stereocenters. The monoisotopic (exact) mass is 633 g/mol. The highest BCUT2D eigenvalue weighted by molar-refractivity contribution is 6.08. The highest BCUT2D eigenvalue weighted by atomic mass is 16.3. The Morgan fingerprint density at radius 2 is 0.918 bits per heavy atom. The first-order chi connectivity index (χ1) is 24.2. The van der Waals surface area contributed by atoms with E-state index in [0.717, 1.165) is 67.1 Å². The van der Waals surface area contributed by atoms with Crippen LogP contribution in [0, 0.1) is 23.7 Å². The molecule has 4 bridgehead atoms. The molecule has 0 amide bonds. The van der Waals surface area contributed by atoms with Crippen molar-refractivity contribution in [2.75, 3.05) is 4.90 Å². The zero-order valence-corrected chi connectivity index (χ0v) is 27.2. The summed E-state index contributed by atoms with van der Waals surface area (Å²) < 4.78 is 12.9. The average Bonchev–Trinajstić information content (AvgIpc) is 3.78. The molecule has 2 aromatic heterocycles. The first-order valence-corrected chi connectivity index (χ1v) is 18.1. The van der Waals surface area contributed by atoms with E-state index in [9.17, 15) is 0 Å². The van der Waals surface area contributed by atoms with Crippen LogP contribution in [-0.2, 0) is 5.41 Å². The summed E-state index contributed by atoms with van der Waals surface area (Å²) in [7, 11) is 0. The minimum absolute atomic E-state index is 0.104. The van der Waals surface area contributed by atoms with E-state index in [1.165, 1.54) is 48.9 Å². The predicted molar refractivity (Wildman–Crippen MR) is 199 cm³/mol. The average molecular weight is 634 g/mol. The van der Waals surface area contributed by atoms with E-state index in [1.54, 1.807) is 11.1 Å². The molecule has 0 N–H and O–H groups in total. The van der Waals surface area contributed by atoms with E-state index in [-0.39, 0.29) is 5.41 Å². The van der Waals surface area contributed by atoms with E-state index in [0.29, 0.717) is 11.8 Å². The second kappa shape index (κ2) is 9.45. The molecule has 0 saturated heterocycles. The fraction of sp³-hybridized carbons (Fsp3) is 0.217. The molecule has 8 aromatic rings. The summed E-state index contributed by atoms with van der Waals surface area (Å²) >= 11 is 0. The Kier molecular flexibility index (Phi) is 5.14. The van der Waals surface area contributed by atoms with Crippen LogP contribution in [0.4, 0.5) is 17.1 Å². The lowest BCUT2D eigenvalue weighted by molar-refractivity contribution is -0.0399. The van der Waals surface area contributed by atoms with Crippen LogP contribution < -0.4 is 4.90 Å². The molecule has 5 aliphatic carbocycles. The quantitative estimate of drug-likeness (QED) is 0.194. The molecule has 2 heterocycles. The fourth-order valence-electron chi connectivity index (χ4n) is 11.4. The Balaban J connectivity index is 1.09. The maximum atomic E-state index is 6.45. The lowest BCUT2D eigenvalue weighted by Gasteiger charge is -2.61. The van der Waals surface area contributed by atoms with E-state index in [4.69, 9.17) is 8.83 Å². The van der Waals surface area contributed by atoms with Crippen molar-refractivity contribution in [2.45, 2.75) is 37.5 Å². The van der Waals surface area contributed by atoms with E-state index in [1.807, 2.05) is 12.1 Å². The highest BCUT2D eigenvalue weighted by Crippen LogP contribution is 2.69. The van der Waals surface area contributed by atoms with Crippen molar-refractivity contribution in [2.24, 2.45) is 23.7 Å². The molecule has 236 valence electrons. The minimum Gasteiger partial charge on any atom is -0.456 e. The Morgan fingerprint density at radius 3 is 1.55 bits per heavy atom. The van der Waals surface area contributed by atoms with Gasteiger partial charge in [-0.3, -0.25) is 0 Å². The van der Waals surface area contributed by atoms with Crippen LogP contribution in [0.2, 0.25) is 0 Å². The van der Waals surface area contributed by atoms with Crippen LogP contribution in [0.15, 0.2) is 136 Å². The molecule has 5 aliphatic rings. The first-order valence-electron chi connectivity index (χ1n) is 18.1. The van der Waals surface area contributed by atoms with Gasteiger partial charge in [0.25, 0.3) is 0 Å². The summed E-state index contributed by atoms with van der Waals surface area (Å²) in [6, 6.07) is 46.8. The van der Waals surface area contributed by atoms with Crippen molar-refractivity contribution in [3.8, 4) is 11.1 Å². The molecule has 49 heavy (non-hydrogen) atoms. The van der Waals surface area contributed by atoms with Crippen LogP contribution >= 0.6 is 0 Å². The van der Waals surface area contributed by atoms with E-state index < -0.39 is 0 Å². The molecule has 6 aromatic carbocycles. The number of fused-ring (bicyclic) bond motifs is 9. The van der Waals surface area contributed by atoms with Crippen LogP contribution in [0.5, 0.6) is 0 Å². The Hall–Kier alpha value is -5.28. The number of rotatable bonds is 3. The zero-order chi connectivity index (χ0) is 31.8. The molecule has 4 saturated carbocycles. The Bertz CT molecular complexity index is 2510. The molecular formula is C46H35NO2. The molecule has 13 rings (SSSR count). The molecular weight excluding hydrogens is 599 g/mol. The minimum atomic E-state index is 0.104. The molecule has 1 spiro atoms.